The van der Waals surface area contributed by atoms with Gasteiger partial charge in [-0.1, -0.05) is 33.3 Å². The van der Waals surface area contributed by atoms with Crippen molar-refractivity contribution in [3.63, 3.8) is 0 Å². The van der Waals surface area contributed by atoms with Crippen molar-refractivity contribution in [3.05, 3.63) is 53.3 Å². The van der Waals surface area contributed by atoms with Gasteiger partial charge in [-0.2, -0.15) is 5.26 Å². The van der Waals surface area contributed by atoms with Crippen LogP contribution >= 0.6 is 11.3 Å². The van der Waals surface area contributed by atoms with Gasteiger partial charge in [0.25, 0.3) is 0 Å². The van der Waals surface area contributed by atoms with E-state index in [9.17, 15) is 0 Å². The van der Waals surface area contributed by atoms with Crippen molar-refractivity contribution in [3.8, 4) is 17.2 Å². The van der Waals surface area contributed by atoms with Gasteiger partial charge < -0.3 is 5.41 Å². The standard InChI is InChI=1S/C17H12N4S.C5H12/c1-2-11(8-18)15-3-4-16-17(21-15)14(10-22-16)12-5-6-20-13(7-12)9-19;1-4-5(2)3/h2-8,10,18H,1H3;5H,4H2,1-3H3/b11-2+,18-8?;. The van der Waals surface area contributed by atoms with Crippen LogP contribution < -0.4 is 0 Å². The zero-order valence-corrected chi connectivity index (χ0v) is 17.0. The molecule has 0 aliphatic heterocycles. The van der Waals surface area contributed by atoms with Crippen LogP contribution in [0.5, 0.6) is 0 Å². The van der Waals surface area contributed by atoms with Crippen LogP contribution in [0.1, 0.15) is 45.5 Å². The summed E-state index contributed by atoms with van der Waals surface area (Å²) in [6, 6.07) is 9.65. The highest BCUT2D eigenvalue weighted by Gasteiger charge is 2.10. The molecule has 4 nitrogen and oxygen atoms in total. The van der Waals surface area contributed by atoms with Gasteiger partial charge in [0, 0.05) is 28.9 Å². The van der Waals surface area contributed by atoms with Crippen molar-refractivity contribution in [2.24, 2.45) is 5.92 Å². The van der Waals surface area contributed by atoms with Crippen molar-refractivity contribution in [2.75, 3.05) is 0 Å². The smallest absolute Gasteiger partial charge is 0.141 e. The molecule has 0 aliphatic carbocycles. The molecule has 0 unspecified atom stereocenters. The Morgan fingerprint density at radius 2 is 2.07 bits per heavy atom. The van der Waals surface area contributed by atoms with Gasteiger partial charge in [0.1, 0.15) is 11.8 Å². The number of hydrogen-bond acceptors (Lipinski definition) is 5. The first-order valence-electron chi connectivity index (χ1n) is 8.95. The Morgan fingerprint density at radius 3 is 2.67 bits per heavy atom. The molecule has 0 amide bonds. The first-order chi connectivity index (χ1) is 13.0. The predicted octanol–water partition coefficient (Wildman–Crippen LogP) is 6.34. The Kier molecular flexibility index (Phi) is 7.39. The maximum atomic E-state index is 9.00. The van der Waals surface area contributed by atoms with Gasteiger partial charge in [0.15, 0.2) is 0 Å². The molecule has 0 aromatic carbocycles. The molecule has 5 heteroatoms. The molecule has 0 spiro atoms. The summed E-state index contributed by atoms with van der Waals surface area (Å²) in [5.41, 5.74) is 4.76. The second-order valence-electron chi connectivity index (χ2n) is 6.42. The third-order valence-corrected chi connectivity index (χ3v) is 5.12. The zero-order chi connectivity index (χ0) is 19.8. The zero-order valence-electron chi connectivity index (χ0n) is 16.2. The number of allylic oxidation sites excluding steroid dienone is 2. The third-order valence-electron chi connectivity index (χ3n) is 4.18. The van der Waals surface area contributed by atoms with Crippen molar-refractivity contribution in [2.45, 2.75) is 34.1 Å². The van der Waals surface area contributed by atoms with E-state index in [1.54, 1.807) is 23.6 Å². The SMILES string of the molecule is C/C=C(\C=N)c1ccc2scc(-c3ccnc(C#N)c3)c2n1.CCC(C)C. The lowest BCUT2D eigenvalue weighted by atomic mass is 10.1. The number of thiophene rings is 1. The van der Waals surface area contributed by atoms with E-state index in [2.05, 4.69) is 31.8 Å². The normalized spacial score (nSPS) is 11.0. The maximum absolute atomic E-state index is 9.00. The Balaban J connectivity index is 0.000000465. The Labute approximate surface area is 164 Å². The predicted molar refractivity (Wildman–Crippen MR) is 115 cm³/mol. The van der Waals surface area contributed by atoms with Gasteiger partial charge in [-0.05, 0) is 42.7 Å². The molecule has 0 fully saturated rings. The fourth-order valence-electron chi connectivity index (χ4n) is 2.24. The van der Waals surface area contributed by atoms with Crippen LogP contribution in [0.2, 0.25) is 0 Å². The van der Waals surface area contributed by atoms with E-state index in [0.29, 0.717) is 5.69 Å². The average molecular weight is 377 g/mol. The van der Waals surface area contributed by atoms with Gasteiger partial charge in [-0.3, -0.25) is 0 Å². The van der Waals surface area contributed by atoms with Crippen LogP contribution in [-0.2, 0) is 0 Å². The van der Waals surface area contributed by atoms with E-state index in [1.165, 1.54) is 12.6 Å². The van der Waals surface area contributed by atoms with Crippen LogP contribution in [0.4, 0.5) is 0 Å². The van der Waals surface area contributed by atoms with Crippen LogP contribution in [0.25, 0.3) is 26.9 Å². The number of nitrogens with one attached hydrogen (secondary N) is 1. The molecule has 0 radical (unpaired) electrons. The lowest BCUT2D eigenvalue weighted by Gasteiger charge is -2.03. The molecule has 138 valence electrons. The number of hydrogen-bond donors (Lipinski definition) is 1. The Bertz CT molecular complexity index is 993. The monoisotopic (exact) mass is 376 g/mol. The number of nitriles is 1. The summed E-state index contributed by atoms with van der Waals surface area (Å²) in [6.45, 7) is 8.54. The van der Waals surface area contributed by atoms with Crippen LogP contribution in [0, 0.1) is 22.7 Å². The van der Waals surface area contributed by atoms with Crippen molar-refractivity contribution in [1.82, 2.24) is 9.97 Å². The molecule has 0 atom stereocenters. The van der Waals surface area contributed by atoms with E-state index in [1.807, 2.05) is 36.6 Å². The number of fused-ring (bicyclic) bond motifs is 1. The van der Waals surface area contributed by atoms with E-state index >= 15 is 0 Å². The Morgan fingerprint density at radius 1 is 1.33 bits per heavy atom. The molecule has 27 heavy (non-hydrogen) atoms. The molecular weight excluding hydrogens is 352 g/mol. The number of rotatable bonds is 4. The fraction of sp³-hybridized carbons (Fsp3) is 0.273. The van der Waals surface area contributed by atoms with E-state index in [0.717, 1.165) is 38.5 Å². The minimum Gasteiger partial charge on any atom is -0.308 e. The molecule has 0 saturated heterocycles. The summed E-state index contributed by atoms with van der Waals surface area (Å²) in [5.74, 6) is 0.884. The summed E-state index contributed by atoms with van der Waals surface area (Å²) in [7, 11) is 0. The van der Waals surface area contributed by atoms with E-state index in [-0.39, 0.29) is 0 Å². The molecule has 3 heterocycles. The summed E-state index contributed by atoms with van der Waals surface area (Å²) in [4.78, 5) is 8.70. The van der Waals surface area contributed by atoms with Crippen LogP contribution in [0.15, 0.2) is 41.9 Å². The van der Waals surface area contributed by atoms with Gasteiger partial charge in [0.05, 0.1) is 15.9 Å². The molecule has 0 aliphatic rings. The Hall–Kier alpha value is -2.84. The fourth-order valence-corrected chi connectivity index (χ4v) is 3.15. The number of aromatic nitrogens is 2. The summed E-state index contributed by atoms with van der Waals surface area (Å²) in [5, 5.41) is 18.5. The summed E-state index contributed by atoms with van der Waals surface area (Å²) >= 11 is 1.62. The van der Waals surface area contributed by atoms with Crippen molar-refractivity contribution < 1.29 is 0 Å². The largest absolute Gasteiger partial charge is 0.308 e. The second-order valence-corrected chi connectivity index (χ2v) is 7.34. The number of pyridine rings is 2. The van der Waals surface area contributed by atoms with Gasteiger partial charge >= 0.3 is 0 Å². The molecule has 3 aromatic heterocycles. The first kappa shape index (κ1) is 20.5. The molecule has 3 aromatic rings. The highest BCUT2D eigenvalue weighted by molar-refractivity contribution is 7.17. The lowest BCUT2D eigenvalue weighted by Crippen LogP contribution is -1.90. The first-order valence-corrected chi connectivity index (χ1v) is 9.83. The van der Waals surface area contributed by atoms with E-state index in [4.69, 9.17) is 15.7 Å². The molecular formula is C22H24N4S. The second kappa shape index (κ2) is 9.75. The van der Waals surface area contributed by atoms with Gasteiger partial charge in [-0.15, -0.1) is 11.3 Å². The molecule has 3 rings (SSSR count). The highest BCUT2D eigenvalue weighted by atomic mass is 32.1. The third kappa shape index (κ3) is 5.08. The lowest BCUT2D eigenvalue weighted by molar-refractivity contribution is 0.626. The number of nitrogens with zero attached hydrogens (tertiary/aromatic N) is 3. The molecule has 0 saturated carbocycles. The maximum Gasteiger partial charge on any atom is 0.141 e. The van der Waals surface area contributed by atoms with Gasteiger partial charge in [0.2, 0.25) is 0 Å². The minimum absolute atomic E-state index is 0.390. The summed E-state index contributed by atoms with van der Waals surface area (Å²) < 4.78 is 1.08. The molecule has 0 bridgehead atoms. The van der Waals surface area contributed by atoms with Crippen LogP contribution in [0.3, 0.4) is 0 Å². The summed E-state index contributed by atoms with van der Waals surface area (Å²) in [6.07, 6.45) is 6.12. The average Bonchev–Trinajstić information content (AvgIpc) is 3.13. The van der Waals surface area contributed by atoms with E-state index < -0.39 is 0 Å². The van der Waals surface area contributed by atoms with Gasteiger partial charge in [-0.25, -0.2) is 9.97 Å². The topological polar surface area (TPSA) is 73.4 Å². The van der Waals surface area contributed by atoms with Crippen molar-refractivity contribution in [1.29, 1.82) is 10.7 Å². The minimum atomic E-state index is 0.390. The van der Waals surface area contributed by atoms with Crippen molar-refractivity contribution >= 4 is 33.3 Å². The van der Waals surface area contributed by atoms with Crippen LogP contribution in [-0.4, -0.2) is 16.2 Å². The quantitative estimate of drug-likeness (QED) is 0.540. The molecule has 1 N–H and O–H groups in total. The highest BCUT2D eigenvalue weighted by Crippen LogP contribution is 2.33.